The van der Waals surface area contributed by atoms with Crippen LogP contribution in [0.2, 0.25) is 0 Å². The van der Waals surface area contributed by atoms with Crippen molar-refractivity contribution in [1.82, 2.24) is 0 Å². The molecule has 1 amide bonds. The lowest BCUT2D eigenvalue weighted by Crippen LogP contribution is -2.13. The second-order valence-electron chi connectivity index (χ2n) is 4.50. The zero-order chi connectivity index (χ0) is 15.2. The molecule has 0 aromatic heterocycles. The Morgan fingerprint density at radius 2 is 2.10 bits per heavy atom. The Labute approximate surface area is 123 Å². The molecule has 0 aliphatic rings. The van der Waals surface area contributed by atoms with Crippen LogP contribution >= 0.6 is 0 Å². The van der Waals surface area contributed by atoms with Crippen LogP contribution in [0.5, 0.6) is 0 Å². The quantitative estimate of drug-likeness (QED) is 0.832. The highest BCUT2D eigenvalue weighted by molar-refractivity contribution is 6.05. The fraction of sp³-hybridized carbons (Fsp3) is 0.118. The summed E-state index contributed by atoms with van der Waals surface area (Å²) >= 11 is 0. The highest BCUT2D eigenvalue weighted by atomic mass is 19.1. The van der Waals surface area contributed by atoms with Crippen LogP contribution in [0.1, 0.15) is 21.5 Å². The molecule has 0 aliphatic carbocycles. The second-order valence-corrected chi connectivity index (χ2v) is 4.50. The van der Waals surface area contributed by atoms with Crippen LogP contribution < -0.4 is 11.1 Å². The Balaban J connectivity index is 2.19. The normalized spacial score (nSPS) is 9.67. The molecule has 0 unspecified atom stereocenters. The zero-order valence-corrected chi connectivity index (χ0v) is 11.6. The standard InChI is InChI=1S/C17H15FN2O/c1-12-10-14(18)7-8-16(12)17(21)20-15-6-2-4-13(11-15)5-3-9-19/h2,4,6-8,10-11H,9,19H2,1H3,(H,20,21). The molecule has 0 atom stereocenters. The van der Waals surface area contributed by atoms with Crippen molar-refractivity contribution >= 4 is 11.6 Å². The predicted octanol–water partition coefficient (Wildman–Crippen LogP) is 2.70. The molecule has 3 nitrogen and oxygen atoms in total. The molecule has 0 fully saturated rings. The molecule has 0 radical (unpaired) electrons. The number of carbonyl (C=O) groups is 1. The summed E-state index contributed by atoms with van der Waals surface area (Å²) in [5.41, 5.74) is 7.76. The number of hydrogen-bond acceptors (Lipinski definition) is 2. The van der Waals surface area contributed by atoms with Crippen LogP contribution in [0, 0.1) is 24.6 Å². The van der Waals surface area contributed by atoms with E-state index >= 15 is 0 Å². The number of benzene rings is 2. The number of nitrogens with one attached hydrogen (secondary N) is 1. The fourth-order valence-electron chi connectivity index (χ4n) is 1.91. The number of nitrogens with two attached hydrogens (primary N) is 1. The number of aryl methyl sites for hydroxylation is 1. The summed E-state index contributed by atoms with van der Waals surface area (Å²) in [6.07, 6.45) is 0. The van der Waals surface area contributed by atoms with E-state index in [-0.39, 0.29) is 18.3 Å². The molecular weight excluding hydrogens is 267 g/mol. The third-order valence-electron chi connectivity index (χ3n) is 2.89. The van der Waals surface area contributed by atoms with Crippen molar-refractivity contribution in [2.45, 2.75) is 6.92 Å². The third kappa shape index (κ3) is 3.91. The molecule has 2 aromatic rings. The van der Waals surface area contributed by atoms with Crippen LogP contribution in [-0.4, -0.2) is 12.5 Å². The van der Waals surface area contributed by atoms with Crippen molar-refractivity contribution in [3.05, 3.63) is 65.0 Å². The maximum atomic E-state index is 13.1. The van der Waals surface area contributed by atoms with Crippen molar-refractivity contribution in [3.8, 4) is 11.8 Å². The number of hydrogen-bond donors (Lipinski definition) is 2. The molecule has 21 heavy (non-hydrogen) atoms. The average molecular weight is 282 g/mol. The highest BCUT2D eigenvalue weighted by Crippen LogP contribution is 2.15. The zero-order valence-electron chi connectivity index (χ0n) is 11.6. The van der Waals surface area contributed by atoms with Crippen molar-refractivity contribution < 1.29 is 9.18 Å². The van der Waals surface area contributed by atoms with Crippen LogP contribution in [-0.2, 0) is 0 Å². The minimum atomic E-state index is -0.358. The summed E-state index contributed by atoms with van der Waals surface area (Å²) < 4.78 is 13.1. The molecule has 3 N–H and O–H groups in total. The lowest BCUT2D eigenvalue weighted by molar-refractivity contribution is 0.102. The molecule has 0 bridgehead atoms. The molecule has 2 aromatic carbocycles. The Bertz CT molecular complexity index is 729. The van der Waals surface area contributed by atoms with E-state index in [4.69, 9.17) is 5.73 Å². The minimum Gasteiger partial charge on any atom is -0.322 e. The van der Waals surface area contributed by atoms with Gasteiger partial charge in [0.1, 0.15) is 5.82 Å². The lowest BCUT2D eigenvalue weighted by atomic mass is 10.1. The average Bonchev–Trinajstić information content (AvgIpc) is 2.45. The molecule has 0 aliphatic heterocycles. The predicted molar refractivity (Wildman–Crippen MR) is 81.5 cm³/mol. The Hall–Kier alpha value is -2.64. The molecular formula is C17H15FN2O. The Kier molecular flexibility index (Phi) is 4.70. The number of anilines is 1. The molecule has 0 spiro atoms. The smallest absolute Gasteiger partial charge is 0.255 e. The van der Waals surface area contributed by atoms with Gasteiger partial charge in [0, 0.05) is 16.8 Å². The van der Waals surface area contributed by atoms with E-state index in [9.17, 15) is 9.18 Å². The summed E-state index contributed by atoms with van der Waals surface area (Å²) in [6.45, 7) is 1.98. The Morgan fingerprint density at radius 1 is 1.29 bits per heavy atom. The third-order valence-corrected chi connectivity index (χ3v) is 2.89. The first-order valence-electron chi connectivity index (χ1n) is 6.46. The summed E-state index contributed by atoms with van der Waals surface area (Å²) in [7, 11) is 0. The van der Waals surface area contributed by atoms with Gasteiger partial charge >= 0.3 is 0 Å². The first kappa shape index (κ1) is 14.8. The maximum absolute atomic E-state index is 13.1. The van der Waals surface area contributed by atoms with E-state index in [1.165, 1.54) is 18.2 Å². The van der Waals surface area contributed by atoms with Gasteiger partial charge in [0.05, 0.1) is 6.54 Å². The monoisotopic (exact) mass is 282 g/mol. The van der Waals surface area contributed by atoms with Gasteiger partial charge in [0.2, 0.25) is 0 Å². The van der Waals surface area contributed by atoms with E-state index in [2.05, 4.69) is 17.2 Å². The fourth-order valence-corrected chi connectivity index (χ4v) is 1.91. The van der Waals surface area contributed by atoms with Crippen molar-refractivity contribution in [1.29, 1.82) is 0 Å². The van der Waals surface area contributed by atoms with Gasteiger partial charge in [-0.3, -0.25) is 4.79 Å². The second kappa shape index (κ2) is 6.69. The van der Waals surface area contributed by atoms with Gasteiger partial charge in [0.15, 0.2) is 0 Å². The first-order valence-corrected chi connectivity index (χ1v) is 6.46. The number of halogens is 1. The van der Waals surface area contributed by atoms with E-state index in [0.717, 1.165) is 5.56 Å². The number of amides is 1. The summed E-state index contributed by atoms with van der Waals surface area (Å²) in [4.78, 5) is 12.2. The van der Waals surface area contributed by atoms with Gasteiger partial charge in [-0.25, -0.2) is 4.39 Å². The van der Waals surface area contributed by atoms with E-state index in [1.54, 1.807) is 25.1 Å². The van der Waals surface area contributed by atoms with Gasteiger partial charge in [-0.05, 0) is 48.9 Å². The van der Waals surface area contributed by atoms with Crippen LogP contribution in [0.3, 0.4) is 0 Å². The SMILES string of the molecule is Cc1cc(F)ccc1C(=O)Nc1cccc(C#CCN)c1. The van der Waals surface area contributed by atoms with Gasteiger partial charge in [-0.1, -0.05) is 17.9 Å². The summed E-state index contributed by atoms with van der Waals surface area (Å²) in [5.74, 6) is 5.02. The lowest BCUT2D eigenvalue weighted by Gasteiger charge is -2.08. The van der Waals surface area contributed by atoms with Crippen LogP contribution in [0.15, 0.2) is 42.5 Å². The molecule has 2 rings (SSSR count). The summed E-state index contributed by atoms with van der Waals surface area (Å²) in [5, 5.41) is 2.77. The van der Waals surface area contributed by atoms with Crippen molar-refractivity contribution in [2.75, 3.05) is 11.9 Å². The first-order chi connectivity index (χ1) is 10.1. The van der Waals surface area contributed by atoms with Gasteiger partial charge in [0.25, 0.3) is 5.91 Å². The van der Waals surface area contributed by atoms with E-state index in [0.29, 0.717) is 16.8 Å². The molecule has 0 saturated heterocycles. The van der Waals surface area contributed by atoms with Gasteiger partial charge in [-0.2, -0.15) is 0 Å². The van der Waals surface area contributed by atoms with Crippen molar-refractivity contribution in [2.24, 2.45) is 5.73 Å². The molecule has 0 heterocycles. The topological polar surface area (TPSA) is 55.1 Å². The van der Waals surface area contributed by atoms with E-state index in [1.807, 2.05) is 6.07 Å². The molecule has 106 valence electrons. The summed E-state index contributed by atoms with van der Waals surface area (Å²) in [6, 6.07) is 11.2. The van der Waals surface area contributed by atoms with Crippen LogP contribution in [0.4, 0.5) is 10.1 Å². The molecule has 0 saturated carbocycles. The van der Waals surface area contributed by atoms with Gasteiger partial charge in [-0.15, -0.1) is 0 Å². The number of rotatable bonds is 2. The number of carbonyl (C=O) groups excluding carboxylic acids is 1. The molecule has 4 heteroatoms. The maximum Gasteiger partial charge on any atom is 0.255 e. The van der Waals surface area contributed by atoms with E-state index < -0.39 is 0 Å². The largest absolute Gasteiger partial charge is 0.322 e. The minimum absolute atomic E-state index is 0.281. The van der Waals surface area contributed by atoms with Crippen molar-refractivity contribution in [3.63, 3.8) is 0 Å². The van der Waals surface area contributed by atoms with Gasteiger partial charge < -0.3 is 11.1 Å². The Morgan fingerprint density at radius 3 is 2.81 bits per heavy atom. The van der Waals surface area contributed by atoms with Crippen LogP contribution in [0.25, 0.3) is 0 Å². The highest BCUT2D eigenvalue weighted by Gasteiger charge is 2.10.